The summed E-state index contributed by atoms with van der Waals surface area (Å²) in [6, 6.07) is 5.13. The third kappa shape index (κ3) is 4.22. The molecule has 2 atom stereocenters. The molecule has 2 N–H and O–H groups in total. The molecule has 80 valence electrons. The molecule has 14 heavy (non-hydrogen) atoms. The van der Waals surface area contributed by atoms with Crippen LogP contribution in [0.3, 0.4) is 0 Å². The number of thiophene rings is 1. The van der Waals surface area contributed by atoms with E-state index in [1.54, 1.807) is 11.3 Å². The first-order chi connectivity index (χ1) is 6.72. The molecule has 1 rings (SSSR count). The Morgan fingerprint density at radius 1 is 1.43 bits per heavy atom. The van der Waals surface area contributed by atoms with Gasteiger partial charge in [-0.05, 0) is 38.1 Å². The molecule has 0 aliphatic rings. The molecular weight excluding hydrogens is 194 g/mol. The van der Waals surface area contributed by atoms with Crippen molar-refractivity contribution >= 4 is 11.3 Å². The van der Waals surface area contributed by atoms with Gasteiger partial charge >= 0.3 is 0 Å². The number of rotatable bonds is 6. The Hall–Kier alpha value is -0.380. The van der Waals surface area contributed by atoms with Crippen LogP contribution in [-0.2, 0) is 6.42 Å². The van der Waals surface area contributed by atoms with Crippen LogP contribution in [0.5, 0.6) is 0 Å². The topological polar surface area (TPSA) is 32.3 Å². The Bertz CT molecular complexity index is 235. The van der Waals surface area contributed by atoms with Gasteiger partial charge in [0.15, 0.2) is 0 Å². The summed E-state index contributed by atoms with van der Waals surface area (Å²) in [5.41, 5.74) is 0. The van der Waals surface area contributed by atoms with Crippen molar-refractivity contribution in [3.63, 3.8) is 0 Å². The van der Waals surface area contributed by atoms with Gasteiger partial charge in [-0.25, -0.2) is 0 Å². The highest BCUT2D eigenvalue weighted by Gasteiger charge is 2.07. The maximum absolute atomic E-state index is 8.77. The van der Waals surface area contributed by atoms with Crippen molar-refractivity contribution in [1.82, 2.24) is 5.32 Å². The van der Waals surface area contributed by atoms with Crippen molar-refractivity contribution in [3.05, 3.63) is 22.4 Å². The van der Waals surface area contributed by atoms with Crippen LogP contribution in [0.4, 0.5) is 0 Å². The standard InChI is InChI=1S/C11H19NOS/c1-9(5-6-13)12-10(2)8-11-4-3-7-14-11/h3-4,7,9-10,12-13H,5-6,8H2,1-2H3. The molecule has 0 saturated carbocycles. The molecule has 1 heterocycles. The first kappa shape index (κ1) is 11.7. The fourth-order valence-electron chi connectivity index (χ4n) is 1.55. The van der Waals surface area contributed by atoms with E-state index in [0.717, 1.165) is 12.8 Å². The van der Waals surface area contributed by atoms with Crippen LogP contribution in [0.2, 0.25) is 0 Å². The van der Waals surface area contributed by atoms with E-state index in [1.165, 1.54) is 4.88 Å². The minimum atomic E-state index is 0.264. The van der Waals surface area contributed by atoms with E-state index in [4.69, 9.17) is 5.11 Å². The Kier molecular flexibility index (Phi) is 5.15. The summed E-state index contributed by atoms with van der Waals surface area (Å²) in [5.74, 6) is 0. The maximum Gasteiger partial charge on any atom is 0.0445 e. The lowest BCUT2D eigenvalue weighted by Gasteiger charge is -2.18. The fourth-order valence-corrected chi connectivity index (χ4v) is 2.39. The summed E-state index contributed by atoms with van der Waals surface area (Å²) in [7, 11) is 0. The molecule has 2 nitrogen and oxygen atoms in total. The van der Waals surface area contributed by atoms with Crippen molar-refractivity contribution in [1.29, 1.82) is 0 Å². The molecule has 0 radical (unpaired) electrons. The van der Waals surface area contributed by atoms with Gasteiger partial charge in [-0.2, -0.15) is 0 Å². The first-order valence-corrected chi connectivity index (χ1v) is 5.99. The summed E-state index contributed by atoms with van der Waals surface area (Å²) >= 11 is 1.80. The van der Waals surface area contributed by atoms with Gasteiger partial charge in [0.1, 0.15) is 0 Å². The van der Waals surface area contributed by atoms with E-state index in [-0.39, 0.29) is 6.61 Å². The molecule has 0 fully saturated rings. The summed E-state index contributed by atoms with van der Waals surface area (Å²) in [6.45, 7) is 4.56. The smallest absolute Gasteiger partial charge is 0.0445 e. The minimum Gasteiger partial charge on any atom is -0.396 e. The van der Waals surface area contributed by atoms with Gasteiger partial charge in [-0.15, -0.1) is 11.3 Å². The molecule has 3 heteroatoms. The molecule has 2 unspecified atom stereocenters. The second kappa shape index (κ2) is 6.17. The lowest BCUT2D eigenvalue weighted by Crippen LogP contribution is -2.36. The fraction of sp³-hybridized carbons (Fsp3) is 0.636. The zero-order chi connectivity index (χ0) is 10.4. The second-order valence-electron chi connectivity index (χ2n) is 3.76. The molecular formula is C11H19NOS. The number of hydrogen-bond acceptors (Lipinski definition) is 3. The highest BCUT2D eigenvalue weighted by atomic mass is 32.1. The lowest BCUT2D eigenvalue weighted by atomic mass is 10.1. The molecule has 0 aliphatic carbocycles. The zero-order valence-electron chi connectivity index (χ0n) is 8.86. The summed E-state index contributed by atoms with van der Waals surface area (Å²) in [5, 5.41) is 14.3. The van der Waals surface area contributed by atoms with Crippen molar-refractivity contribution in [2.24, 2.45) is 0 Å². The monoisotopic (exact) mass is 213 g/mol. The van der Waals surface area contributed by atoms with Crippen molar-refractivity contribution in [3.8, 4) is 0 Å². The van der Waals surface area contributed by atoms with Crippen LogP contribution in [-0.4, -0.2) is 23.8 Å². The molecule has 1 aromatic heterocycles. The van der Waals surface area contributed by atoms with Crippen LogP contribution in [0.1, 0.15) is 25.1 Å². The number of nitrogens with one attached hydrogen (secondary N) is 1. The molecule has 0 aromatic carbocycles. The van der Waals surface area contributed by atoms with Gasteiger partial charge < -0.3 is 10.4 Å². The number of aliphatic hydroxyl groups excluding tert-OH is 1. The van der Waals surface area contributed by atoms with Crippen molar-refractivity contribution in [2.45, 2.75) is 38.8 Å². The Balaban J connectivity index is 2.25. The van der Waals surface area contributed by atoms with Gasteiger partial charge in [0, 0.05) is 23.6 Å². The normalized spacial score (nSPS) is 15.4. The predicted octanol–water partition coefficient (Wildman–Crippen LogP) is 2.04. The van der Waals surface area contributed by atoms with Gasteiger partial charge in [0.2, 0.25) is 0 Å². The highest BCUT2D eigenvalue weighted by molar-refractivity contribution is 7.09. The lowest BCUT2D eigenvalue weighted by molar-refractivity contribution is 0.264. The van der Waals surface area contributed by atoms with E-state index in [9.17, 15) is 0 Å². The van der Waals surface area contributed by atoms with Gasteiger partial charge in [-0.1, -0.05) is 6.07 Å². The average Bonchev–Trinajstić information content (AvgIpc) is 2.56. The summed E-state index contributed by atoms with van der Waals surface area (Å²) in [4.78, 5) is 1.42. The average molecular weight is 213 g/mol. The van der Waals surface area contributed by atoms with E-state index in [2.05, 4.69) is 36.7 Å². The van der Waals surface area contributed by atoms with Crippen molar-refractivity contribution < 1.29 is 5.11 Å². The van der Waals surface area contributed by atoms with Crippen LogP contribution >= 0.6 is 11.3 Å². The minimum absolute atomic E-state index is 0.264. The van der Waals surface area contributed by atoms with Gasteiger partial charge in [0.25, 0.3) is 0 Å². The third-order valence-electron chi connectivity index (χ3n) is 2.22. The van der Waals surface area contributed by atoms with E-state index in [0.29, 0.717) is 12.1 Å². The highest BCUT2D eigenvalue weighted by Crippen LogP contribution is 2.11. The van der Waals surface area contributed by atoms with Crippen LogP contribution in [0.15, 0.2) is 17.5 Å². The van der Waals surface area contributed by atoms with Crippen LogP contribution < -0.4 is 5.32 Å². The third-order valence-corrected chi connectivity index (χ3v) is 3.12. The second-order valence-corrected chi connectivity index (χ2v) is 4.80. The van der Waals surface area contributed by atoms with Crippen molar-refractivity contribution in [2.75, 3.05) is 6.61 Å². The van der Waals surface area contributed by atoms with E-state index in [1.807, 2.05) is 0 Å². The molecule has 0 bridgehead atoms. The van der Waals surface area contributed by atoms with Crippen LogP contribution in [0, 0.1) is 0 Å². The SMILES string of the molecule is CC(CCO)NC(C)Cc1cccs1. The quantitative estimate of drug-likeness (QED) is 0.758. The Labute approximate surface area is 90.0 Å². The molecule has 0 spiro atoms. The van der Waals surface area contributed by atoms with E-state index >= 15 is 0 Å². The zero-order valence-corrected chi connectivity index (χ0v) is 9.68. The molecule has 1 aromatic rings. The predicted molar refractivity (Wildman–Crippen MR) is 61.8 cm³/mol. The van der Waals surface area contributed by atoms with Crippen LogP contribution in [0.25, 0.3) is 0 Å². The van der Waals surface area contributed by atoms with Gasteiger partial charge in [0.05, 0.1) is 0 Å². The Morgan fingerprint density at radius 2 is 2.21 bits per heavy atom. The van der Waals surface area contributed by atoms with E-state index < -0.39 is 0 Å². The first-order valence-electron chi connectivity index (χ1n) is 5.11. The van der Waals surface area contributed by atoms with Gasteiger partial charge in [-0.3, -0.25) is 0 Å². The molecule has 0 amide bonds. The Morgan fingerprint density at radius 3 is 2.79 bits per heavy atom. The molecule has 0 aliphatic heterocycles. The maximum atomic E-state index is 8.77. The number of hydrogen-bond donors (Lipinski definition) is 2. The largest absolute Gasteiger partial charge is 0.396 e. The summed E-state index contributed by atoms with van der Waals surface area (Å²) < 4.78 is 0. The number of aliphatic hydroxyl groups is 1. The summed E-state index contributed by atoms with van der Waals surface area (Å²) in [6.07, 6.45) is 1.90. The molecule has 0 saturated heterocycles.